The van der Waals surface area contributed by atoms with Gasteiger partial charge >= 0.3 is 5.97 Å². The normalized spacial score (nSPS) is 19.9. The molecule has 2 N–H and O–H groups in total. The minimum absolute atomic E-state index is 0.116. The van der Waals surface area contributed by atoms with Crippen LogP contribution in [-0.4, -0.2) is 126 Å². The standard InChI is InChI=1S/C55H73N7O7/c1-13-61-47-19-18-38-28-42(47)43(50(61)41-16-14-22-56-49(41)36(5)67-12)29-54(6,7)33-69-53(66)45-17-15-23-62(58-45)52(65)46(27-37-24-35(4)25-39(38)26-37)57-51(64)44(34(2)3)32-68-40-30-60(31-40)48(63)20-21-55(8,9)59(10)11/h14,16,18-19,22,24-26,28,34,36,40,44-46,58H,13,15,17,23,27,29-33H2,1-12H3,(H,57,64)/t36-,44-,45-,46-/m0/s1. The van der Waals surface area contributed by atoms with Crippen molar-refractivity contribution in [2.45, 2.75) is 124 Å². The average Bonchev–Trinajstić information content (AvgIpc) is 3.60. The van der Waals surface area contributed by atoms with E-state index in [4.69, 9.17) is 19.2 Å². The van der Waals surface area contributed by atoms with Gasteiger partial charge in [-0.1, -0.05) is 63.4 Å². The number of carbonyl (C=O) groups excluding carboxylic acids is 4. The highest BCUT2D eigenvalue weighted by molar-refractivity contribution is 5.96. The number of aryl methyl sites for hydroxylation is 2. The SMILES string of the molecule is CCn1c(-c2cccnc2[C@H](C)OC)c2c3cc(ccc31)-c1cc(C)cc(c1)C[C@H](NC(=O)[C@@H](COC1CN(C(=O)C#CC(C)(C)N(C)C)C1)C(C)C)C(=O)N1CCC[C@H](N1)C(=O)OCC(C)(C)C2. The van der Waals surface area contributed by atoms with E-state index in [1.165, 1.54) is 5.01 Å². The third kappa shape index (κ3) is 11.6. The molecular weight excluding hydrogens is 871 g/mol. The first-order valence-corrected chi connectivity index (χ1v) is 24.6. The molecule has 0 saturated carbocycles. The number of fused-ring (bicyclic) bond motifs is 6. The first-order chi connectivity index (χ1) is 32.7. The van der Waals surface area contributed by atoms with E-state index in [2.05, 4.69) is 90.4 Å². The molecule has 0 spiro atoms. The smallest absolute Gasteiger partial charge is 0.324 e. The van der Waals surface area contributed by atoms with Gasteiger partial charge in [0.05, 0.1) is 48.3 Å². The minimum Gasteiger partial charge on any atom is -0.464 e. The number of carbonyl (C=O) groups is 4. The van der Waals surface area contributed by atoms with Crippen molar-refractivity contribution in [1.82, 2.24) is 35.1 Å². The van der Waals surface area contributed by atoms with Crippen molar-refractivity contribution in [2.24, 2.45) is 17.3 Å². The van der Waals surface area contributed by atoms with Gasteiger partial charge in [-0.05, 0) is 126 Å². The Labute approximate surface area is 408 Å². The van der Waals surface area contributed by atoms with Gasteiger partial charge < -0.3 is 29.0 Å². The number of methoxy groups -OCH3 is 1. The van der Waals surface area contributed by atoms with E-state index in [1.807, 2.05) is 66.6 Å². The lowest BCUT2D eigenvalue weighted by molar-refractivity contribution is -0.155. The highest BCUT2D eigenvalue weighted by Gasteiger charge is 2.38. The van der Waals surface area contributed by atoms with Gasteiger partial charge in [-0.2, -0.15) is 0 Å². The molecule has 14 heteroatoms. The fraction of sp³-hybridized carbons (Fsp3) is 0.545. The second-order valence-corrected chi connectivity index (χ2v) is 21.1. The second kappa shape index (κ2) is 21.2. The fourth-order valence-electron chi connectivity index (χ4n) is 9.45. The van der Waals surface area contributed by atoms with Crippen LogP contribution in [0.1, 0.15) is 96.7 Å². The molecule has 370 valence electrons. The molecule has 6 bridgehead atoms. The quantitative estimate of drug-likeness (QED) is 0.120. The number of hydrogen-bond acceptors (Lipinski definition) is 10. The lowest BCUT2D eigenvalue weighted by Gasteiger charge is -2.39. The molecule has 2 saturated heterocycles. The molecule has 2 fully saturated rings. The van der Waals surface area contributed by atoms with E-state index >= 15 is 0 Å². The molecule has 5 heterocycles. The Morgan fingerprint density at radius 2 is 1.83 bits per heavy atom. The molecule has 3 aliphatic heterocycles. The summed E-state index contributed by atoms with van der Waals surface area (Å²) in [5.74, 6) is 3.82. The number of nitrogens with one attached hydrogen (secondary N) is 2. The molecule has 2 aromatic carbocycles. The zero-order chi connectivity index (χ0) is 49.9. The maximum atomic E-state index is 14.7. The Kier molecular flexibility index (Phi) is 15.7. The molecule has 3 amide bonds. The van der Waals surface area contributed by atoms with E-state index in [1.54, 1.807) is 18.2 Å². The van der Waals surface area contributed by atoms with Crippen LogP contribution in [0.4, 0.5) is 0 Å². The van der Waals surface area contributed by atoms with E-state index in [0.717, 1.165) is 55.7 Å². The summed E-state index contributed by atoms with van der Waals surface area (Å²) in [6.07, 6.45) is 3.22. The molecule has 2 aromatic heterocycles. The van der Waals surface area contributed by atoms with Gasteiger partial charge in [0, 0.05) is 67.8 Å². The molecule has 7 rings (SSSR count). The number of cyclic esters (lactones) is 1. The van der Waals surface area contributed by atoms with Crippen LogP contribution in [0.25, 0.3) is 33.3 Å². The highest BCUT2D eigenvalue weighted by atomic mass is 16.5. The number of ether oxygens (including phenoxy) is 3. The minimum atomic E-state index is -0.964. The Morgan fingerprint density at radius 3 is 2.52 bits per heavy atom. The monoisotopic (exact) mass is 944 g/mol. The van der Waals surface area contributed by atoms with Gasteiger partial charge in [0.15, 0.2) is 0 Å². The number of hydrazine groups is 1. The Bertz CT molecular complexity index is 2620. The van der Waals surface area contributed by atoms with Gasteiger partial charge in [-0.3, -0.25) is 34.1 Å². The van der Waals surface area contributed by atoms with Crippen LogP contribution in [0.2, 0.25) is 0 Å². The summed E-state index contributed by atoms with van der Waals surface area (Å²) in [5, 5.41) is 5.73. The largest absolute Gasteiger partial charge is 0.464 e. The number of esters is 1. The second-order valence-electron chi connectivity index (χ2n) is 21.1. The molecule has 0 radical (unpaired) electrons. The molecule has 3 aliphatic rings. The summed E-state index contributed by atoms with van der Waals surface area (Å²) < 4.78 is 20.6. The van der Waals surface area contributed by atoms with Crippen LogP contribution in [-0.2, 0) is 52.8 Å². The van der Waals surface area contributed by atoms with E-state index in [-0.39, 0.29) is 55.5 Å². The summed E-state index contributed by atoms with van der Waals surface area (Å²) in [7, 11) is 5.55. The maximum Gasteiger partial charge on any atom is 0.324 e. The van der Waals surface area contributed by atoms with Gasteiger partial charge in [-0.15, -0.1) is 0 Å². The molecule has 4 aromatic rings. The van der Waals surface area contributed by atoms with E-state index < -0.39 is 34.9 Å². The first-order valence-electron chi connectivity index (χ1n) is 24.6. The number of aromatic nitrogens is 2. The van der Waals surface area contributed by atoms with Crippen molar-refractivity contribution in [3.63, 3.8) is 0 Å². The zero-order valence-corrected chi connectivity index (χ0v) is 42.8. The highest BCUT2D eigenvalue weighted by Crippen LogP contribution is 2.42. The number of benzene rings is 2. The van der Waals surface area contributed by atoms with Crippen molar-refractivity contribution in [3.8, 4) is 34.2 Å². The summed E-state index contributed by atoms with van der Waals surface area (Å²) in [6, 6.07) is 15.3. The molecule has 0 unspecified atom stereocenters. The third-order valence-corrected chi connectivity index (χ3v) is 14.2. The average molecular weight is 944 g/mol. The van der Waals surface area contributed by atoms with Crippen molar-refractivity contribution in [3.05, 3.63) is 77.1 Å². The number of rotatable bonds is 11. The number of likely N-dealkylation sites (tertiary alicyclic amines) is 1. The molecule has 14 nitrogen and oxygen atoms in total. The molecule has 69 heavy (non-hydrogen) atoms. The van der Waals surface area contributed by atoms with Crippen LogP contribution in [0.5, 0.6) is 0 Å². The van der Waals surface area contributed by atoms with E-state index in [0.29, 0.717) is 45.4 Å². The van der Waals surface area contributed by atoms with Gasteiger partial charge in [0.25, 0.3) is 11.8 Å². The number of nitrogens with zero attached hydrogens (tertiary/aromatic N) is 5. The van der Waals surface area contributed by atoms with Crippen LogP contribution < -0.4 is 10.7 Å². The first kappa shape index (κ1) is 51.3. The van der Waals surface area contributed by atoms with Gasteiger partial charge in [0.1, 0.15) is 12.1 Å². The van der Waals surface area contributed by atoms with Gasteiger partial charge in [0.2, 0.25) is 5.91 Å². The number of hydrogen-bond donors (Lipinski definition) is 2. The third-order valence-electron chi connectivity index (χ3n) is 14.2. The predicted molar refractivity (Wildman–Crippen MR) is 269 cm³/mol. The molecular formula is C55H73N7O7. The van der Waals surface area contributed by atoms with E-state index in [9.17, 15) is 19.2 Å². The van der Waals surface area contributed by atoms with Crippen molar-refractivity contribution in [1.29, 1.82) is 0 Å². The fourth-order valence-corrected chi connectivity index (χ4v) is 9.45. The van der Waals surface area contributed by atoms with Crippen molar-refractivity contribution < 1.29 is 33.4 Å². The van der Waals surface area contributed by atoms with Crippen molar-refractivity contribution >= 4 is 34.6 Å². The Hall–Kier alpha value is -5.59. The number of pyridine rings is 1. The van der Waals surface area contributed by atoms with Crippen LogP contribution in [0, 0.1) is 36.0 Å². The Morgan fingerprint density at radius 1 is 1.07 bits per heavy atom. The predicted octanol–water partition coefficient (Wildman–Crippen LogP) is 6.90. The van der Waals surface area contributed by atoms with Crippen LogP contribution in [0.3, 0.4) is 0 Å². The Balaban J connectivity index is 1.22. The lowest BCUT2D eigenvalue weighted by Crippen LogP contribution is -2.61. The molecule has 0 aliphatic carbocycles. The van der Waals surface area contributed by atoms with Crippen molar-refractivity contribution in [2.75, 3.05) is 54.1 Å². The topological polar surface area (TPSA) is 148 Å². The zero-order valence-electron chi connectivity index (χ0n) is 42.8. The van der Waals surface area contributed by atoms with Crippen LogP contribution >= 0.6 is 0 Å². The summed E-state index contributed by atoms with van der Waals surface area (Å²) in [4.78, 5) is 64.4. The summed E-state index contributed by atoms with van der Waals surface area (Å²) >= 11 is 0. The summed E-state index contributed by atoms with van der Waals surface area (Å²) in [6.45, 7) is 20.4. The summed E-state index contributed by atoms with van der Waals surface area (Å²) in [5.41, 5.74) is 11.3. The molecule has 4 atom stereocenters. The number of amides is 3. The van der Waals surface area contributed by atoms with Crippen LogP contribution in [0.15, 0.2) is 54.7 Å². The lowest BCUT2D eigenvalue weighted by atomic mass is 9.84. The van der Waals surface area contributed by atoms with Gasteiger partial charge in [-0.25, -0.2) is 5.43 Å². The maximum absolute atomic E-state index is 14.7.